The first kappa shape index (κ1) is 22.4. The molecule has 2 amide bonds. The maximum Gasteiger partial charge on any atom is 0.238 e. The Hall–Kier alpha value is -1.92. The third-order valence-corrected chi connectivity index (χ3v) is 5.34. The van der Waals surface area contributed by atoms with Crippen LogP contribution in [-0.2, 0) is 9.59 Å². The van der Waals surface area contributed by atoms with Crippen LogP contribution in [0.5, 0.6) is 0 Å². The molecule has 1 aliphatic rings. The number of amides is 2. The van der Waals surface area contributed by atoms with Gasteiger partial charge in [0.15, 0.2) is 0 Å². The van der Waals surface area contributed by atoms with E-state index < -0.39 is 0 Å². The van der Waals surface area contributed by atoms with E-state index >= 15 is 0 Å². The van der Waals surface area contributed by atoms with Crippen LogP contribution < -0.4 is 5.32 Å². The minimum absolute atomic E-state index is 0.0210. The summed E-state index contributed by atoms with van der Waals surface area (Å²) in [5, 5.41) is 3.05. The molecule has 0 atom stereocenters. The van der Waals surface area contributed by atoms with E-state index in [1.165, 1.54) is 0 Å². The average molecular weight is 389 g/mol. The molecule has 0 radical (unpaired) electrons. The Morgan fingerprint density at radius 3 is 1.86 bits per heavy atom. The van der Waals surface area contributed by atoms with Crippen LogP contribution in [0, 0.1) is 13.8 Å². The van der Waals surface area contributed by atoms with Gasteiger partial charge in [-0.05, 0) is 52.7 Å². The topological polar surface area (TPSA) is 55.9 Å². The molecule has 1 fully saturated rings. The van der Waals surface area contributed by atoms with Gasteiger partial charge in [-0.3, -0.25) is 19.4 Å². The summed E-state index contributed by atoms with van der Waals surface area (Å²) in [6.07, 6.45) is 0. The third kappa shape index (κ3) is 6.04. The van der Waals surface area contributed by atoms with Crippen molar-refractivity contribution in [3.05, 3.63) is 29.3 Å². The number of hydrogen-bond acceptors (Lipinski definition) is 4. The third-order valence-electron chi connectivity index (χ3n) is 5.34. The first-order valence-electron chi connectivity index (χ1n) is 10.3. The van der Waals surface area contributed by atoms with Gasteiger partial charge in [-0.15, -0.1) is 0 Å². The number of rotatable bonds is 7. The number of hydrogen-bond donors (Lipinski definition) is 1. The summed E-state index contributed by atoms with van der Waals surface area (Å²) < 4.78 is 0. The predicted octanol–water partition coefficient (Wildman–Crippen LogP) is 2.50. The van der Waals surface area contributed by atoms with Gasteiger partial charge in [0, 0.05) is 44.0 Å². The van der Waals surface area contributed by atoms with Crippen molar-refractivity contribution in [2.75, 3.05) is 44.6 Å². The van der Waals surface area contributed by atoms with Gasteiger partial charge in [0.05, 0.1) is 13.1 Å². The molecule has 1 N–H and O–H groups in total. The van der Waals surface area contributed by atoms with E-state index in [0.29, 0.717) is 13.1 Å². The highest BCUT2D eigenvalue weighted by atomic mass is 16.2. The van der Waals surface area contributed by atoms with E-state index in [1.807, 2.05) is 36.9 Å². The molecule has 0 spiro atoms. The highest BCUT2D eigenvalue weighted by Crippen LogP contribution is 2.19. The average Bonchev–Trinajstić information content (AvgIpc) is 2.59. The van der Waals surface area contributed by atoms with Crippen LogP contribution in [-0.4, -0.2) is 77.9 Å². The minimum Gasteiger partial charge on any atom is -0.337 e. The Bertz CT molecular complexity index is 651. The van der Waals surface area contributed by atoms with Crippen molar-refractivity contribution in [1.82, 2.24) is 14.7 Å². The smallest absolute Gasteiger partial charge is 0.238 e. The predicted molar refractivity (Wildman–Crippen MR) is 115 cm³/mol. The highest BCUT2D eigenvalue weighted by molar-refractivity contribution is 5.93. The fraction of sp³-hybridized carbons (Fsp3) is 0.636. The summed E-state index contributed by atoms with van der Waals surface area (Å²) >= 11 is 0. The van der Waals surface area contributed by atoms with Gasteiger partial charge >= 0.3 is 0 Å². The lowest BCUT2D eigenvalue weighted by Gasteiger charge is -2.37. The van der Waals surface area contributed by atoms with Gasteiger partial charge in [-0.2, -0.15) is 0 Å². The molecule has 0 bridgehead atoms. The number of aryl methyl sites for hydroxylation is 2. The maximum atomic E-state index is 12.6. The molecule has 2 rings (SSSR count). The molecule has 6 heteroatoms. The summed E-state index contributed by atoms with van der Waals surface area (Å²) in [4.78, 5) is 31.4. The number of carbonyl (C=O) groups is 2. The lowest BCUT2D eigenvalue weighted by Crippen LogP contribution is -2.53. The molecule has 156 valence electrons. The molecule has 1 heterocycles. The van der Waals surface area contributed by atoms with E-state index in [9.17, 15) is 9.59 Å². The van der Waals surface area contributed by atoms with E-state index in [2.05, 4.69) is 42.8 Å². The van der Waals surface area contributed by atoms with Gasteiger partial charge in [0.2, 0.25) is 11.8 Å². The number of para-hydroxylation sites is 1. The first-order chi connectivity index (χ1) is 13.2. The molecular formula is C22H36N4O2. The van der Waals surface area contributed by atoms with E-state index in [-0.39, 0.29) is 23.9 Å². The van der Waals surface area contributed by atoms with Crippen molar-refractivity contribution in [3.63, 3.8) is 0 Å². The Morgan fingerprint density at radius 1 is 0.929 bits per heavy atom. The van der Waals surface area contributed by atoms with Crippen LogP contribution in [0.3, 0.4) is 0 Å². The Labute approximate surface area is 169 Å². The van der Waals surface area contributed by atoms with Gasteiger partial charge < -0.3 is 10.2 Å². The van der Waals surface area contributed by atoms with E-state index in [1.54, 1.807) is 0 Å². The number of nitrogens with one attached hydrogen (secondary N) is 1. The van der Waals surface area contributed by atoms with Crippen LogP contribution >= 0.6 is 0 Å². The van der Waals surface area contributed by atoms with Crippen molar-refractivity contribution in [2.45, 2.75) is 53.6 Å². The number of carbonyl (C=O) groups excluding carboxylic acids is 2. The summed E-state index contributed by atoms with van der Waals surface area (Å²) in [7, 11) is 0. The second-order valence-corrected chi connectivity index (χ2v) is 8.36. The Morgan fingerprint density at radius 2 is 1.39 bits per heavy atom. The molecule has 0 saturated carbocycles. The molecule has 28 heavy (non-hydrogen) atoms. The van der Waals surface area contributed by atoms with Crippen molar-refractivity contribution >= 4 is 17.5 Å². The lowest BCUT2D eigenvalue weighted by molar-refractivity contribution is -0.136. The summed E-state index contributed by atoms with van der Waals surface area (Å²) in [6, 6.07) is 6.44. The van der Waals surface area contributed by atoms with Crippen LogP contribution in [0.4, 0.5) is 5.69 Å². The maximum absolute atomic E-state index is 12.6. The standard InChI is InChI=1S/C22H36N4O2/c1-16(2)26(17(3)4)21(28)15-25-12-10-24(11-13-25)14-20(27)23-22-18(5)8-7-9-19(22)6/h7-9,16-17H,10-15H2,1-6H3,(H,23,27). The van der Waals surface area contributed by atoms with Crippen molar-refractivity contribution in [3.8, 4) is 0 Å². The quantitative estimate of drug-likeness (QED) is 0.780. The van der Waals surface area contributed by atoms with Gasteiger partial charge in [0.25, 0.3) is 0 Å². The Kier molecular flexibility index (Phi) is 8.01. The summed E-state index contributed by atoms with van der Waals surface area (Å²) in [5.74, 6) is 0.207. The van der Waals surface area contributed by atoms with Gasteiger partial charge in [-0.25, -0.2) is 0 Å². The second-order valence-electron chi connectivity index (χ2n) is 8.36. The molecule has 1 aromatic rings. The molecule has 6 nitrogen and oxygen atoms in total. The van der Waals surface area contributed by atoms with Crippen LogP contribution in [0.1, 0.15) is 38.8 Å². The van der Waals surface area contributed by atoms with Crippen LogP contribution in [0.25, 0.3) is 0 Å². The molecule has 0 aromatic heterocycles. The molecule has 0 aliphatic carbocycles. The van der Waals surface area contributed by atoms with Gasteiger partial charge in [-0.1, -0.05) is 18.2 Å². The van der Waals surface area contributed by atoms with Crippen LogP contribution in [0.2, 0.25) is 0 Å². The van der Waals surface area contributed by atoms with Crippen molar-refractivity contribution in [2.24, 2.45) is 0 Å². The monoisotopic (exact) mass is 388 g/mol. The van der Waals surface area contributed by atoms with E-state index in [4.69, 9.17) is 0 Å². The van der Waals surface area contributed by atoms with E-state index in [0.717, 1.165) is 43.0 Å². The fourth-order valence-corrected chi connectivity index (χ4v) is 3.94. The number of benzene rings is 1. The number of nitrogens with zero attached hydrogens (tertiary/aromatic N) is 3. The molecule has 1 aliphatic heterocycles. The summed E-state index contributed by atoms with van der Waals surface area (Å²) in [5.41, 5.74) is 3.08. The molecule has 0 unspecified atom stereocenters. The van der Waals surface area contributed by atoms with Crippen LogP contribution in [0.15, 0.2) is 18.2 Å². The number of anilines is 1. The number of piperazine rings is 1. The zero-order valence-corrected chi connectivity index (χ0v) is 18.3. The van der Waals surface area contributed by atoms with Crippen molar-refractivity contribution < 1.29 is 9.59 Å². The molecule has 1 saturated heterocycles. The zero-order valence-electron chi connectivity index (χ0n) is 18.3. The largest absolute Gasteiger partial charge is 0.337 e. The normalized spacial score (nSPS) is 15.9. The van der Waals surface area contributed by atoms with Gasteiger partial charge in [0.1, 0.15) is 0 Å². The highest BCUT2D eigenvalue weighted by Gasteiger charge is 2.25. The first-order valence-corrected chi connectivity index (χ1v) is 10.3. The van der Waals surface area contributed by atoms with Crippen molar-refractivity contribution in [1.29, 1.82) is 0 Å². The zero-order chi connectivity index (χ0) is 20.8. The lowest BCUT2D eigenvalue weighted by atomic mass is 10.1. The molecular weight excluding hydrogens is 352 g/mol. The fourth-order valence-electron chi connectivity index (χ4n) is 3.94. The second kappa shape index (κ2) is 10.0. The Balaban J connectivity index is 1.80. The minimum atomic E-state index is 0.0210. The SMILES string of the molecule is Cc1cccc(C)c1NC(=O)CN1CCN(CC(=O)N(C(C)C)C(C)C)CC1. The summed E-state index contributed by atoms with van der Waals surface area (Å²) in [6.45, 7) is 16.3. The molecule has 1 aromatic carbocycles.